The van der Waals surface area contributed by atoms with Gasteiger partial charge in [0.15, 0.2) is 5.96 Å². The molecule has 1 aromatic rings. The highest BCUT2D eigenvalue weighted by atomic mass is 35.5. The number of hydrogen-bond acceptors (Lipinski definition) is 3. The first-order chi connectivity index (χ1) is 13.6. The van der Waals surface area contributed by atoms with Crippen LogP contribution in [0.4, 0.5) is 4.39 Å². The van der Waals surface area contributed by atoms with Crippen LogP contribution in [-0.2, 0) is 4.74 Å². The van der Waals surface area contributed by atoms with E-state index in [4.69, 9.17) is 16.3 Å². The Hall–Kier alpha value is -1.37. The average Bonchev–Trinajstić information content (AvgIpc) is 3.22. The van der Waals surface area contributed by atoms with E-state index in [1.54, 1.807) is 19.2 Å². The van der Waals surface area contributed by atoms with Crippen molar-refractivity contribution in [2.75, 3.05) is 46.4 Å². The zero-order valence-electron chi connectivity index (χ0n) is 17.0. The molecule has 7 heteroatoms. The number of benzene rings is 1. The standard InChI is InChI=1S/C21H32ClFN4O/c1-3-28-16-9-13-27(14-10-16)21(24-2)25-15-19(26-11-4-5-12-26)20-17(22)7-6-8-18(20)23/h6-8,16,19H,3-5,9-15H2,1-2H3,(H,24,25). The van der Waals surface area contributed by atoms with Crippen LogP contribution in [0, 0.1) is 5.82 Å². The fraction of sp³-hybridized carbons (Fsp3) is 0.667. The smallest absolute Gasteiger partial charge is 0.193 e. The third kappa shape index (κ3) is 5.16. The highest BCUT2D eigenvalue weighted by Gasteiger charge is 2.29. The number of aliphatic imine (C=N–C) groups is 1. The van der Waals surface area contributed by atoms with Gasteiger partial charge in [0, 0.05) is 43.9 Å². The molecule has 28 heavy (non-hydrogen) atoms. The maximum Gasteiger partial charge on any atom is 0.193 e. The molecule has 0 spiro atoms. The molecular formula is C21H32ClFN4O. The lowest BCUT2D eigenvalue weighted by molar-refractivity contribution is 0.0263. The van der Waals surface area contributed by atoms with Crippen molar-refractivity contribution >= 4 is 17.6 Å². The van der Waals surface area contributed by atoms with E-state index in [0.717, 1.165) is 64.4 Å². The van der Waals surface area contributed by atoms with E-state index in [1.807, 2.05) is 6.92 Å². The van der Waals surface area contributed by atoms with Gasteiger partial charge in [0.05, 0.1) is 12.1 Å². The lowest BCUT2D eigenvalue weighted by atomic mass is 10.0. The predicted octanol–water partition coefficient (Wildman–Crippen LogP) is 3.69. The third-order valence-electron chi connectivity index (χ3n) is 5.72. The summed E-state index contributed by atoms with van der Waals surface area (Å²) in [5.74, 6) is 0.630. The summed E-state index contributed by atoms with van der Waals surface area (Å²) in [6.07, 6.45) is 4.63. The van der Waals surface area contributed by atoms with Crippen LogP contribution in [0.15, 0.2) is 23.2 Å². The summed E-state index contributed by atoms with van der Waals surface area (Å²) in [6, 6.07) is 4.83. The molecule has 2 saturated heterocycles. The van der Waals surface area contributed by atoms with E-state index in [0.29, 0.717) is 23.2 Å². The number of likely N-dealkylation sites (tertiary alicyclic amines) is 2. The molecule has 2 heterocycles. The Morgan fingerprint density at radius 3 is 2.61 bits per heavy atom. The molecule has 0 aromatic heterocycles. The Labute approximate surface area is 172 Å². The topological polar surface area (TPSA) is 40.1 Å². The molecule has 2 fully saturated rings. The van der Waals surface area contributed by atoms with Gasteiger partial charge in [-0.2, -0.15) is 0 Å². The molecule has 0 saturated carbocycles. The van der Waals surface area contributed by atoms with Crippen molar-refractivity contribution in [1.29, 1.82) is 0 Å². The largest absolute Gasteiger partial charge is 0.378 e. The number of ether oxygens (including phenoxy) is 1. The summed E-state index contributed by atoms with van der Waals surface area (Å²) in [6.45, 7) is 7.15. The summed E-state index contributed by atoms with van der Waals surface area (Å²) < 4.78 is 20.4. The van der Waals surface area contributed by atoms with Crippen LogP contribution in [0.25, 0.3) is 0 Å². The van der Waals surface area contributed by atoms with Gasteiger partial charge in [-0.05, 0) is 57.8 Å². The number of nitrogens with one attached hydrogen (secondary N) is 1. The van der Waals surface area contributed by atoms with E-state index in [1.165, 1.54) is 6.07 Å². The van der Waals surface area contributed by atoms with E-state index in [2.05, 4.69) is 20.1 Å². The van der Waals surface area contributed by atoms with Gasteiger partial charge >= 0.3 is 0 Å². The van der Waals surface area contributed by atoms with E-state index < -0.39 is 0 Å². The maximum absolute atomic E-state index is 14.6. The SMILES string of the molecule is CCOC1CCN(C(=NC)NCC(c2c(F)cccc2Cl)N2CCCC2)CC1. The molecule has 0 radical (unpaired) electrons. The monoisotopic (exact) mass is 410 g/mol. The minimum Gasteiger partial charge on any atom is -0.378 e. The third-order valence-corrected chi connectivity index (χ3v) is 6.05. The number of nitrogens with zero attached hydrogens (tertiary/aromatic N) is 3. The second kappa shape index (κ2) is 10.4. The first-order valence-corrected chi connectivity index (χ1v) is 10.8. The molecule has 2 aliphatic heterocycles. The maximum atomic E-state index is 14.6. The minimum absolute atomic E-state index is 0.103. The number of guanidine groups is 1. The van der Waals surface area contributed by atoms with Crippen molar-refractivity contribution in [2.45, 2.75) is 44.8 Å². The molecule has 156 valence electrons. The first kappa shape index (κ1) is 21.3. The van der Waals surface area contributed by atoms with Gasteiger partial charge in [0.25, 0.3) is 0 Å². The quantitative estimate of drug-likeness (QED) is 0.573. The van der Waals surface area contributed by atoms with Gasteiger partial charge in [0.1, 0.15) is 5.82 Å². The van der Waals surface area contributed by atoms with Gasteiger partial charge in [0.2, 0.25) is 0 Å². The molecule has 0 aliphatic carbocycles. The fourth-order valence-corrected chi connectivity index (χ4v) is 4.58. The van der Waals surface area contributed by atoms with Crippen LogP contribution in [0.2, 0.25) is 5.02 Å². The minimum atomic E-state index is -0.237. The molecule has 2 aliphatic rings. The summed E-state index contributed by atoms with van der Waals surface area (Å²) in [4.78, 5) is 9.05. The van der Waals surface area contributed by atoms with Crippen molar-refractivity contribution in [1.82, 2.24) is 15.1 Å². The highest BCUT2D eigenvalue weighted by Crippen LogP contribution is 2.32. The summed E-state index contributed by atoms with van der Waals surface area (Å²) in [5, 5.41) is 3.98. The molecule has 3 rings (SSSR count). The Balaban J connectivity index is 1.67. The Morgan fingerprint density at radius 1 is 1.29 bits per heavy atom. The van der Waals surface area contributed by atoms with E-state index >= 15 is 0 Å². The first-order valence-electron chi connectivity index (χ1n) is 10.4. The molecule has 0 bridgehead atoms. The molecule has 1 unspecified atom stereocenters. The Bertz CT molecular complexity index is 638. The molecule has 5 nitrogen and oxygen atoms in total. The highest BCUT2D eigenvalue weighted by molar-refractivity contribution is 6.31. The molecule has 1 atom stereocenters. The van der Waals surface area contributed by atoms with Crippen molar-refractivity contribution < 1.29 is 9.13 Å². The zero-order chi connectivity index (χ0) is 19.9. The van der Waals surface area contributed by atoms with Crippen molar-refractivity contribution in [3.05, 3.63) is 34.6 Å². The van der Waals surface area contributed by atoms with Crippen LogP contribution in [0.5, 0.6) is 0 Å². The van der Waals surface area contributed by atoms with Gasteiger partial charge in [-0.25, -0.2) is 4.39 Å². The number of rotatable bonds is 6. The van der Waals surface area contributed by atoms with E-state index in [9.17, 15) is 4.39 Å². The van der Waals surface area contributed by atoms with Gasteiger partial charge in [-0.1, -0.05) is 17.7 Å². The van der Waals surface area contributed by atoms with E-state index in [-0.39, 0.29) is 11.9 Å². The van der Waals surface area contributed by atoms with Crippen LogP contribution in [0.3, 0.4) is 0 Å². The second-order valence-electron chi connectivity index (χ2n) is 7.46. The Morgan fingerprint density at radius 2 is 2.00 bits per heavy atom. The number of piperidine rings is 1. The fourth-order valence-electron chi connectivity index (χ4n) is 4.29. The summed E-state index contributed by atoms with van der Waals surface area (Å²) in [7, 11) is 1.80. The lowest BCUT2D eigenvalue weighted by Crippen LogP contribution is -2.49. The van der Waals surface area contributed by atoms with Crippen LogP contribution in [0.1, 0.15) is 44.2 Å². The van der Waals surface area contributed by atoms with Crippen molar-refractivity contribution in [3.8, 4) is 0 Å². The van der Waals surface area contributed by atoms with Crippen LogP contribution >= 0.6 is 11.6 Å². The number of hydrogen-bond donors (Lipinski definition) is 1. The van der Waals surface area contributed by atoms with Gasteiger partial charge in [-0.3, -0.25) is 9.89 Å². The average molecular weight is 411 g/mol. The van der Waals surface area contributed by atoms with Gasteiger partial charge < -0.3 is 15.0 Å². The van der Waals surface area contributed by atoms with Crippen molar-refractivity contribution in [3.63, 3.8) is 0 Å². The van der Waals surface area contributed by atoms with Crippen LogP contribution in [-0.4, -0.2) is 68.2 Å². The van der Waals surface area contributed by atoms with Gasteiger partial charge in [-0.15, -0.1) is 0 Å². The summed E-state index contributed by atoms with van der Waals surface area (Å²) in [5.41, 5.74) is 0.587. The second-order valence-corrected chi connectivity index (χ2v) is 7.87. The normalized spacial score (nSPS) is 20.6. The molecule has 1 N–H and O–H groups in total. The predicted molar refractivity (Wildman–Crippen MR) is 113 cm³/mol. The van der Waals surface area contributed by atoms with Crippen LogP contribution < -0.4 is 5.32 Å². The molecule has 1 aromatic carbocycles. The zero-order valence-corrected chi connectivity index (χ0v) is 17.7. The number of halogens is 2. The molecular weight excluding hydrogens is 379 g/mol. The Kier molecular flexibility index (Phi) is 7.94. The van der Waals surface area contributed by atoms with Crippen molar-refractivity contribution in [2.24, 2.45) is 4.99 Å². The summed E-state index contributed by atoms with van der Waals surface area (Å²) >= 11 is 6.40. The lowest BCUT2D eigenvalue weighted by Gasteiger charge is -2.35. The molecule has 0 amide bonds.